The highest BCUT2D eigenvalue weighted by molar-refractivity contribution is 6.35. The predicted octanol–water partition coefficient (Wildman–Crippen LogP) is 5.76. The molecule has 2 N–H and O–H groups in total. The quantitative estimate of drug-likeness (QED) is 0.194. The number of rotatable bonds is 11. The molecule has 0 bridgehead atoms. The molecule has 0 aliphatic heterocycles. The predicted molar refractivity (Wildman–Crippen MR) is 179 cm³/mol. The first-order valence-corrected chi connectivity index (χ1v) is 16.0. The Labute approximate surface area is 282 Å². The van der Waals surface area contributed by atoms with Crippen LogP contribution in [0.15, 0.2) is 67.0 Å². The van der Waals surface area contributed by atoms with Crippen molar-refractivity contribution in [2.75, 3.05) is 11.9 Å². The molecular weight excluding hydrogens is 637 g/mol. The highest BCUT2D eigenvalue weighted by Gasteiger charge is 2.56. The van der Waals surface area contributed by atoms with Crippen LogP contribution in [0.1, 0.15) is 65.5 Å². The van der Waals surface area contributed by atoms with Crippen molar-refractivity contribution >= 4 is 52.9 Å². The zero-order valence-corrected chi connectivity index (χ0v) is 27.7. The van der Waals surface area contributed by atoms with Crippen molar-refractivity contribution in [1.29, 1.82) is 5.26 Å². The fourth-order valence-electron chi connectivity index (χ4n) is 5.85. The summed E-state index contributed by atoms with van der Waals surface area (Å²) >= 11 is 12.6. The van der Waals surface area contributed by atoms with Gasteiger partial charge >= 0.3 is 0 Å². The summed E-state index contributed by atoms with van der Waals surface area (Å²) in [6, 6.07) is 17.9. The highest BCUT2D eigenvalue weighted by atomic mass is 35.5. The van der Waals surface area contributed by atoms with E-state index in [1.54, 1.807) is 72.1 Å². The Morgan fingerprint density at radius 1 is 1.02 bits per heavy atom. The van der Waals surface area contributed by atoms with E-state index in [-0.39, 0.29) is 24.0 Å². The summed E-state index contributed by atoms with van der Waals surface area (Å²) in [5.74, 6) is -0.521. The molecule has 2 aromatic heterocycles. The van der Waals surface area contributed by atoms with Crippen molar-refractivity contribution in [2.24, 2.45) is 0 Å². The van der Waals surface area contributed by atoms with Crippen LogP contribution in [0.4, 0.5) is 11.6 Å². The molecule has 240 valence electrons. The maximum atomic E-state index is 14.1. The number of hydrogen-bond donors (Lipinski definition) is 2. The number of amides is 2. The molecular formula is C35H33Cl2N7O3. The van der Waals surface area contributed by atoms with Gasteiger partial charge in [0, 0.05) is 35.4 Å². The fourth-order valence-corrected chi connectivity index (χ4v) is 6.36. The highest BCUT2D eigenvalue weighted by Crippen LogP contribution is 2.47. The molecule has 2 aromatic carbocycles. The van der Waals surface area contributed by atoms with Gasteiger partial charge in [-0.05, 0) is 87.1 Å². The molecule has 0 saturated heterocycles. The van der Waals surface area contributed by atoms with Gasteiger partial charge < -0.3 is 20.3 Å². The van der Waals surface area contributed by atoms with Gasteiger partial charge in [-0.25, -0.2) is 4.98 Å². The van der Waals surface area contributed by atoms with Gasteiger partial charge in [-0.15, -0.1) is 0 Å². The molecule has 10 nitrogen and oxygen atoms in total. The molecule has 4 aromatic rings. The second kappa shape index (κ2) is 12.1. The van der Waals surface area contributed by atoms with E-state index in [0.29, 0.717) is 34.1 Å². The molecule has 0 spiro atoms. The van der Waals surface area contributed by atoms with Crippen molar-refractivity contribution in [3.05, 3.63) is 105 Å². The lowest BCUT2D eigenvalue weighted by Crippen LogP contribution is -2.52. The number of nitriles is 1. The van der Waals surface area contributed by atoms with E-state index in [2.05, 4.69) is 26.7 Å². The monoisotopic (exact) mass is 669 g/mol. The molecule has 2 fully saturated rings. The SMILES string of the molecule is Cc1ccc(C2(NC(=O)C3(NC(=O)c4cnc(N(C)c5cc(Cl)cc(Cl)c5)n4[C@@](C)(C=O)Cc4ccc(C#N)cc4)CC3)CC2)nc1. The number of carbonyl (C=O) groups is 3. The van der Waals surface area contributed by atoms with Gasteiger partial charge in [-0.3, -0.25) is 19.1 Å². The average Bonchev–Trinajstić information content (AvgIpc) is 3.97. The standard InChI is InChI=1S/C35H33Cl2N7O3/c1-22-4-9-29(39-19-22)34(10-11-34)42-31(47)35(12-13-35)41-30(46)28-20-40-32(43(3)27-15-25(36)14-26(37)16-27)44(28)33(2,21-45)17-23-5-7-24(18-38)8-6-23/h4-9,14-16,19-21H,10-13,17H2,1-3H3,(H,41,46)(H,42,47)/t33-/m1/s1. The third-order valence-corrected chi connectivity index (χ3v) is 9.40. The van der Waals surface area contributed by atoms with E-state index in [0.717, 1.165) is 35.9 Å². The van der Waals surface area contributed by atoms with Crippen LogP contribution in [0.2, 0.25) is 10.0 Å². The van der Waals surface area contributed by atoms with Crippen LogP contribution < -0.4 is 15.5 Å². The topological polar surface area (TPSA) is 133 Å². The van der Waals surface area contributed by atoms with Crippen LogP contribution in [0.25, 0.3) is 0 Å². The number of aldehydes is 1. The second-order valence-corrected chi connectivity index (χ2v) is 13.6. The zero-order valence-electron chi connectivity index (χ0n) is 26.2. The third kappa shape index (κ3) is 6.33. The van der Waals surface area contributed by atoms with E-state index in [4.69, 9.17) is 23.2 Å². The van der Waals surface area contributed by atoms with E-state index in [9.17, 15) is 19.6 Å². The lowest BCUT2D eigenvalue weighted by atomic mass is 9.93. The number of nitrogens with one attached hydrogen (secondary N) is 2. The molecule has 2 heterocycles. The number of hydrogen-bond acceptors (Lipinski definition) is 7. The molecule has 1 atom stereocenters. The van der Waals surface area contributed by atoms with Crippen LogP contribution in [0, 0.1) is 18.3 Å². The van der Waals surface area contributed by atoms with Gasteiger partial charge in [0.15, 0.2) is 0 Å². The van der Waals surface area contributed by atoms with E-state index in [1.165, 1.54) is 6.20 Å². The summed E-state index contributed by atoms with van der Waals surface area (Å²) in [4.78, 5) is 51.7. The Hall–Kier alpha value is -4.72. The van der Waals surface area contributed by atoms with Crippen LogP contribution >= 0.6 is 23.2 Å². The average molecular weight is 671 g/mol. The number of imidazole rings is 1. The number of anilines is 2. The molecule has 2 saturated carbocycles. The molecule has 12 heteroatoms. The molecule has 2 aliphatic rings. The normalized spacial score (nSPS) is 16.7. The van der Waals surface area contributed by atoms with Crippen LogP contribution in [-0.4, -0.2) is 45.2 Å². The molecule has 2 amide bonds. The maximum Gasteiger partial charge on any atom is 0.270 e. The molecule has 47 heavy (non-hydrogen) atoms. The number of carbonyl (C=O) groups excluding carboxylic acids is 3. The Morgan fingerprint density at radius 3 is 2.26 bits per heavy atom. The number of benzene rings is 2. The first-order chi connectivity index (χ1) is 22.4. The lowest BCUT2D eigenvalue weighted by molar-refractivity contribution is -0.125. The van der Waals surface area contributed by atoms with Crippen molar-refractivity contribution in [3.8, 4) is 6.07 Å². The van der Waals surface area contributed by atoms with Gasteiger partial charge in [0.1, 0.15) is 23.1 Å². The largest absolute Gasteiger partial charge is 0.343 e. The minimum atomic E-state index is -1.31. The van der Waals surface area contributed by atoms with E-state index in [1.807, 2.05) is 19.1 Å². The third-order valence-electron chi connectivity index (χ3n) is 8.96. The van der Waals surface area contributed by atoms with Crippen LogP contribution in [0.3, 0.4) is 0 Å². The summed E-state index contributed by atoms with van der Waals surface area (Å²) in [7, 11) is 1.74. The zero-order chi connectivity index (χ0) is 33.6. The Balaban J connectivity index is 1.33. The Morgan fingerprint density at radius 2 is 1.70 bits per heavy atom. The molecule has 6 rings (SSSR count). The Kier molecular flexibility index (Phi) is 8.32. The first kappa shape index (κ1) is 32.2. The molecule has 0 unspecified atom stereocenters. The summed E-state index contributed by atoms with van der Waals surface area (Å²) in [6.45, 7) is 3.67. The number of halogens is 2. The van der Waals surface area contributed by atoms with Crippen molar-refractivity contribution in [2.45, 2.75) is 62.6 Å². The van der Waals surface area contributed by atoms with Gasteiger partial charge in [-0.1, -0.05) is 41.4 Å². The van der Waals surface area contributed by atoms with Crippen molar-refractivity contribution < 1.29 is 14.4 Å². The van der Waals surface area contributed by atoms with Gasteiger partial charge in [0.05, 0.1) is 29.1 Å². The number of aryl methyl sites for hydroxylation is 1. The van der Waals surface area contributed by atoms with Crippen molar-refractivity contribution in [3.63, 3.8) is 0 Å². The van der Waals surface area contributed by atoms with Crippen LogP contribution in [0.5, 0.6) is 0 Å². The van der Waals surface area contributed by atoms with Gasteiger partial charge in [0.2, 0.25) is 11.9 Å². The van der Waals surface area contributed by atoms with Gasteiger partial charge in [-0.2, -0.15) is 5.26 Å². The fraction of sp³-hybridized carbons (Fsp3) is 0.314. The minimum absolute atomic E-state index is 0.101. The Bertz CT molecular complexity index is 1890. The molecule has 0 radical (unpaired) electrons. The number of nitrogens with zero attached hydrogens (tertiary/aromatic N) is 5. The number of aromatic nitrogens is 3. The molecule has 2 aliphatic carbocycles. The maximum absolute atomic E-state index is 14.1. The minimum Gasteiger partial charge on any atom is -0.343 e. The summed E-state index contributed by atoms with van der Waals surface area (Å²) in [5, 5.41) is 16.2. The summed E-state index contributed by atoms with van der Waals surface area (Å²) in [6.07, 6.45) is 6.63. The van der Waals surface area contributed by atoms with E-state index < -0.39 is 22.5 Å². The smallest absolute Gasteiger partial charge is 0.270 e. The van der Waals surface area contributed by atoms with Gasteiger partial charge in [0.25, 0.3) is 5.91 Å². The van der Waals surface area contributed by atoms with Crippen molar-refractivity contribution in [1.82, 2.24) is 25.2 Å². The summed E-state index contributed by atoms with van der Waals surface area (Å²) < 4.78 is 1.58. The number of pyridine rings is 1. The lowest BCUT2D eigenvalue weighted by Gasteiger charge is -2.32. The second-order valence-electron chi connectivity index (χ2n) is 12.7. The first-order valence-electron chi connectivity index (χ1n) is 15.2. The summed E-state index contributed by atoms with van der Waals surface area (Å²) in [5.41, 5.74) is 0.837. The van der Waals surface area contributed by atoms with Crippen LogP contribution in [-0.2, 0) is 27.1 Å². The van der Waals surface area contributed by atoms with E-state index >= 15 is 0 Å².